The number of rotatable bonds is 6. The van der Waals surface area contributed by atoms with Gasteiger partial charge < -0.3 is 10.6 Å². The number of carbonyl (C=O) groups excluding carboxylic acids is 2. The largest absolute Gasteiger partial charge is 0.348 e. The quantitative estimate of drug-likeness (QED) is 0.477. The molecule has 0 saturated heterocycles. The fourth-order valence-electron chi connectivity index (χ4n) is 1.80. The molecule has 2 aromatic rings. The van der Waals surface area contributed by atoms with E-state index in [2.05, 4.69) is 10.6 Å². The molecular formula is C17H17ClN2O2S. The van der Waals surface area contributed by atoms with Gasteiger partial charge in [0, 0.05) is 22.2 Å². The van der Waals surface area contributed by atoms with Gasteiger partial charge in [0.25, 0.3) is 0 Å². The molecule has 0 aromatic heterocycles. The summed E-state index contributed by atoms with van der Waals surface area (Å²) < 4.78 is 0. The second kappa shape index (κ2) is 9.22. The summed E-state index contributed by atoms with van der Waals surface area (Å²) in [7, 11) is 0. The summed E-state index contributed by atoms with van der Waals surface area (Å²) in [6.45, 7) is 0.385. The molecule has 0 radical (unpaired) electrons. The summed E-state index contributed by atoms with van der Waals surface area (Å²) in [5.74, 6) is -0.895. The van der Waals surface area contributed by atoms with Crippen molar-refractivity contribution >= 4 is 40.9 Å². The lowest BCUT2D eigenvalue weighted by Crippen LogP contribution is -2.36. The molecular weight excluding hydrogens is 332 g/mol. The van der Waals surface area contributed by atoms with Crippen molar-refractivity contribution in [2.45, 2.75) is 16.2 Å². The molecule has 0 aliphatic rings. The van der Waals surface area contributed by atoms with Gasteiger partial charge in [-0.3, -0.25) is 9.59 Å². The standard InChI is InChI=1S/C17H17ClN2O2S/c18-11-6-12-19-16(21)17(22)20-14-9-4-5-10-15(14)23-13-7-2-1-3-8-13/h1-5,7-10H,6,11-12H2,(H,19,21)(H,20,22). The number of alkyl halides is 1. The van der Waals surface area contributed by atoms with Gasteiger partial charge in [0.2, 0.25) is 0 Å². The first-order chi connectivity index (χ1) is 11.2. The van der Waals surface area contributed by atoms with Crippen molar-refractivity contribution in [3.63, 3.8) is 0 Å². The SMILES string of the molecule is O=C(NCCCCl)C(=O)Nc1ccccc1Sc1ccccc1. The fourth-order valence-corrected chi connectivity index (χ4v) is 2.86. The van der Waals surface area contributed by atoms with E-state index < -0.39 is 11.8 Å². The lowest BCUT2D eigenvalue weighted by atomic mass is 10.3. The van der Waals surface area contributed by atoms with Crippen LogP contribution in [-0.2, 0) is 9.59 Å². The summed E-state index contributed by atoms with van der Waals surface area (Å²) >= 11 is 7.06. The number of hydrogen-bond acceptors (Lipinski definition) is 3. The minimum atomic E-state index is -0.680. The molecule has 0 saturated carbocycles. The number of para-hydroxylation sites is 1. The molecule has 2 rings (SSSR count). The number of anilines is 1. The first-order valence-corrected chi connectivity index (χ1v) is 8.53. The van der Waals surface area contributed by atoms with Crippen molar-refractivity contribution in [1.29, 1.82) is 0 Å². The molecule has 0 heterocycles. The van der Waals surface area contributed by atoms with E-state index in [4.69, 9.17) is 11.6 Å². The van der Waals surface area contributed by atoms with Gasteiger partial charge in [0.15, 0.2) is 0 Å². The Morgan fingerprint density at radius 3 is 2.39 bits per heavy atom. The van der Waals surface area contributed by atoms with Crippen molar-refractivity contribution in [1.82, 2.24) is 5.32 Å². The fraction of sp³-hybridized carbons (Fsp3) is 0.176. The van der Waals surface area contributed by atoms with Crippen LogP contribution in [0.2, 0.25) is 0 Å². The third kappa shape index (κ3) is 5.62. The van der Waals surface area contributed by atoms with Crippen LogP contribution in [0.3, 0.4) is 0 Å². The number of nitrogens with one attached hydrogen (secondary N) is 2. The molecule has 4 nitrogen and oxygen atoms in total. The van der Waals surface area contributed by atoms with Crippen molar-refractivity contribution in [3.8, 4) is 0 Å². The van der Waals surface area contributed by atoms with Gasteiger partial charge in [-0.25, -0.2) is 0 Å². The van der Waals surface area contributed by atoms with E-state index in [0.717, 1.165) is 9.79 Å². The molecule has 0 unspecified atom stereocenters. The van der Waals surface area contributed by atoms with Gasteiger partial charge in [0.1, 0.15) is 0 Å². The van der Waals surface area contributed by atoms with Crippen LogP contribution in [-0.4, -0.2) is 24.2 Å². The molecule has 0 spiro atoms. The third-order valence-electron chi connectivity index (χ3n) is 2.91. The van der Waals surface area contributed by atoms with Crippen molar-refractivity contribution in [3.05, 3.63) is 54.6 Å². The van der Waals surface area contributed by atoms with Crippen LogP contribution in [0.1, 0.15) is 6.42 Å². The summed E-state index contributed by atoms with van der Waals surface area (Å²) in [4.78, 5) is 25.6. The zero-order valence-corrected chi connectivity index (χ0v) is 14.0. The average Bonchev–Trinajstić information content (AvgIpc) is 2.57. The monoisotopic (exact) mass is 348 g/mol. The smallest absolute Gasteiger partial charge is 0.313 e. The molecule has 0 atom stereocenters. The maximum atomic E-state index is 11.9. The molecule has 6 heteroatoms. The van der Waals surface area contributed by atoms with Crippen LogP contribution in [0, 0.1) is 0 Å². The second-order valence-electron chi connectivity index (χ2n) is 4.66. The number of amides is 2. The topological polar surface area (TPSA) is 58.2 Å². The van der Waals surface area contributed by atoms with Gasteiger partial charge in [-0.2, -0.15) is 0 Å². The maximum Gasteiger partial charge on any atom is 0.313 e. The number of carbonyl (C=O) groups is 2. The van der Waals surface area contributed by atoms with Crippen LogP contribution in [0.15, 0.2) is 64.4 Å². The van der Waals surface area contributed by atoms with Crippen molar-refractivity contribution in [2.24, 2.45) is 0 Å². The van der Waals surface area contributed by atoms with Crippen LogP contribution < -0.4 is 10.6 Å². The van der Waals surface area contributed by atoms with E-state index >= 15 is 0 Å². The van der Waals surface area contributed by atoms with Gasteiger partial charge in [-0.15, -0.1) is 11.6 Å². The summed E-state index contributed by atoms with van der Waals surface area (Å²) in [5, 5.41) is 5.18. The Bertz CT molecular complexity index is 665. The van der Waals surface area contributed by atoms with Crippen LogP contribution in [0.4, 0.5) is 5.69 Å². The normalized spacial score (nSPS) is 10.1. The highest BCUT2D eigenvalue weighted by atomic mass is 35.5. The zero-order valence-electron chi connectivity index (χ0n) is 12.4. The lowest BCUT2D eigenvalue weighted by Gasteiger charge is -2.10. The Morgan fingerprint density at radius 2 is 1.65 bits per heavy atom. The van der Waals surface area contributed by atoms with E-state index in [-0.39, 0.29) is 0 Å². The molecule has 0 aliphatic heterocycles. The van der Waals surface area contributed by atoms with Crippen molar-refractivity contribution < 1.29 is 9.59 Å². The van der Waals surface area contributed by atoms with E-state index in [1.54, 1.807) is 6.07 Å². The molecule has 120 valence electrons. The molecule has 0 fully saturated rings. The number of hydrogen-bond donors (Lipinski definition) is 2. The second-order valence-corrected chi connectivity index (χ2v) is 6.16. The lowest BCUT2D eigenvalue weighted by molar-refractivity contribution is -0.136. The first-order valence-electron chi connectivity index (χ1n) is 7.18. The Hall–Kier alpha value is -1.98. The Balaban J connectivity index is 2.02. The Labute approximate surface area is 144 Å². The van der Waals surface area contributed by atoms with E-state index in [1.165, 1.54) is 11.8 Å². The molecule has 2 aromatic carbocycles. The summed E-state index contributed by atoms with van der Waals surface area (Å²) in [6.07, 6.45) is 0.626. The Morgan fingerprint density at radius 1 is 0.957 bits per heavy atom. The van der Waals surface area contributed by atoms with Gasteiger partial charge in [0.05, 0.1) is 5.69 Å². The molecule has 0 aliphatic carbocycles. The highest BCUT2D eigenvalue weighted by Crippen LogP contribution is 2.33. The third-order valence-corrected chi connectivity index (χ3v) is 4.26. The highest BCUT2D eigenvalue weighted by molar-refractivity contribution is 7.99. The van der Waals surface area contributed by atoms with Gasteiger partial charge in [-0.05, 0) is 30.7 Å². The molecule has 0 bridgehead atoms. The molecule has 23 heavy (non-hydrogen) atoms. The number of benzene rings is 2. The summed E-state index contributed by atoms with van der Waals surface area (Å²) in [5.41, 5.74) is 0.610. The molecule has 2 N–H and O–H groups in total. The Kier molecular flexibility index (Phi) is 6.97. The van der Waals surface area contributed by atoms with E-state index in [9.17, 15) is 9.59 Å². The average molecular weight is 349 g/mol. The summed E-state index contributed by atoms with van der Waals surface area (Å²) in [6, 6.07) is 17.2. The minimum Gasteiger partial charge on any atom is -0.348 e. The molecule has 2 amide bonds. The van der Waals surface area contributed by atoms with Crippen LogP contribution >= 0.6 is 23.4 Å². The minimum absolute atomic E-state index is 0.385. The zero-order chi connectivity index (χ0) is 16.5. The van der Waals surface area contributed by atoms with Crippen LogP contribution in [0.25, 0.3) is 0 Å². The number of halogens is 1. The van der Waals surface area contributed by atoms with Gasteiger partial charge in [-0.1, -0.05) is 42.1 Å². The van der Waals surface area contributed by atoms with E-state index in [0.29, 0.717) is 24.5 Å². The van der Waals surface area contributed by atoms with Crippen LogP contribution in [0.5, 0.6) is 0 Å². The predicted octanol–water partition coefficient (Wildman–Crippen LogP) is 3.52. The predicted molar refractivity (Wildman–Crippen MR) is 94.0 cm³/mol. The first kappa shape index (κ1) is 17.4. The van der Waals surface area contributed by atoms with Gasteiger partial charge >= 0.3 is 11.8 Å². The van der Waals surface area contributed by atoms with Crippen molar-refractivity contribution in [2.75, 3.05) is 17.7 Å². The van der Waals surface area contributed by atoms with E-state index in [1.807, 2.05) is 48.5 Å². The highest BCUT2D eigenvalue weighted by Gasteiger charge is 2.15. The maximum absolute atomic E-state index is 11.9.